The van der Waals surface area contributed by atoms with Crippen LogP contribution in [0.3, 0.4) is 0 Å². The molecule has 19 heavy (non-hydrogen) atoms. The van der Waals surface area contributed by atoms with Gasteiger partial charge in [0, 0.05) is 17.3 Å². The number of aryl methyl sites for hydroxylation is 1. The number of rotatable bonds is 4. The molecular weight excluding hydrogens is 260 g/mol. The van der Waals surface area contributed by atoms with Gasteiger partial charge in [-0.15, -0.1) is 16.4 Å². The molecule has 0 bridgehead atoms. The molecular formula is C12H12N6S. The fraction of sp³-hybridized carbons (Fsp3) is 0.167. The summed E-state index contributed by atoms with van der Waals surface area (Å²) in [5, 5.41) is 17.8. The first-order valence-electron chi connectivity index (χ1n) is 5.80. The average Bonchev–Trinajstić information content (AvgIpc) is 3.08. The summed E-state index contributed by atoms with van der Waals surface area (Å²) in [6.07, 6.45) is 1.81. The summed E-state index contributed by atoms with van der Waals surface area (Å²) in [6.45, 7) is 2.59. The van der Waals surface area contributed by atoms with Crippen LogP contribution in [0, 0.1) is 6.92 Å². The van der Waals surface area contributed by atoms with Gasteiger partial charge in [0.1, 0.15) is 5.01 Å². The van der Waals surface area contributed by atoms with Crippen LogP contribution in [0.15, 0.2) is 35.8 Å². The zero-order valence-corrected chi connectivity index (χ0v) is 11.1. The van der Waals surface area contributed by atoms with E-state index in [9.17, 15) is 0 Å². The Bertz CT molecular complexity index is 660. The fourth-order valence-corrected chi connectivity index (χ4v) is 2.29. The van der Waals surface area contributed by atoms with Gasteiger partial charge in [0.2, 0.25) is 0 Å². The largest absolute Gasteiger partial charge is 0.378 e. The lowest BCUT2D eigenvalue weighted by atomic mass is 10.2. The van der Waals surface area contributed by atoms with Crippen molar-refractivity contribution in [1.82, 2.24) is 25.2 Å². The molecule has 0 atom stereocenters. The predicted octanol–water partition coefficient (Wildman–Crippen LogP) is 2.04. The summed E-state index contributed by atoms with van der Waals surface area (Å²) in [5.74, 6) is 0.761. The maximum absolute atomic E-state index is 4.24. The van der Waals surface area contributed by atoms with E-state index < -0.39 is 0 Å². The van der Waals surface area contributed by atoms with Crippen molar-refractivity contribution in [1.29, 1.82) is 0 Å². The quantitative estimate of drug-likeness (QED) is 0.787. The van der Waals surface area contributed by atoms with Crippen LogP contribution in [0.2, 0.25) is 0 Å². The van der Waals surface area contributed by atoms with Gasteiger partial charge >= 0.3 is 0 Å². The zero-order chi connectivity index (χ0) is 13.1. The number of tetrazole rings is 1. The van der Waals surface area contributed by atoms with Gasteiger partial charge in [-0.2, -0.15) is 4.68 Å². The number of thiazole rings is 1. The number of nitrogens with zero attached hydrogens (tertiary/aromatic N) is 5. The minimum atomic E-state index is 0.718. The number of nitrogens with one attached hydrogen (secondary N) is 1. The summed E-state index contributed by atoms with van der Waals surface area (Å²) < 4.78 is 1.70. The first-order chi connectivity index (χ1) is 9.33. The van der Waals surface area contributed by atoms with E-state index in [-0.39, 0.29) is 0 Å². The fourth-order valence-electron chi connectivity index (χ4n) is 1.74. The lowest BCUT2D eigenvalue weighted by Gasteiger charge is -2.07. The molecule has 1 N–H and O–H groups in total. The summed E-state index contributed by atoms with van der Waals surface area (Å²) >= 11 is 1.64. The second kappa shape index (κ2) is 5.15. The van der Waals surface area contributed by atoms with Crippen LogP contribution < -0.4 is 5.32 Å². The average molecular weight is 272 g/mol. The van der Waals surface area contributed by atoms with E-state index in [1.54, 1.807) is 16.0 Å². The van der Waals surface area contributed by atoms with Gasteiger partial charge in [0.15, 0.2) is 5.82 Å². The maximum atomic E-state index is 4.24. The monoisotopic (exact) mass is 272 g/mol. The number of aromatic nitrogens is 5. The molecule has 0 spiro atoms. The lowest BCUT2D eigenvalue weighted by molar-refractivity contribution is 0.779. The molecule has 0 aliphatic rings. The Morgan fingerprint density at radius 3 is 3.05 bits per heavy atom. The zero-order valence-electron chi connectivity index (χ0n) is 10.3. The standard InChI is InChI=1S/C12H12N6S/c1-9-15-16-17-18(9)11-4-2-3-10(7-11)14-8-12-13-5-6-19-12/h2-7,14H,8H2,1H3. The molecule has 0 aliphatic carbocycles. The maximum Gasteiger partial charge on any atom is 0.153 e. The molecule has 0 unspecified atom stereocenters. The first-order valence-corrected chi connectivity index (χ1v) is 6.68. The molecule has 1 aromatic carbocycles. The van der Waals surface area contributed by atoms with Crippen molar-refractivity contribution in [3.05, 3.63) is 46.7 Å². The van der Waals surface area contributed by atoms with Crippen molar-refractivity contribution >= 4 is 17.0 Å². The van der Waals surface area contributed by atoms with E-state index in [2.05, 4.69) is 25.8 Å². The van der Waals surface area contributed by atoms with E-state index in [1.165, 1.54) is 0 Å². The molecule has 96 valence electrons. The van der Waals surface area contributed by atoms with Crippen LogP contribution in [0.1, 0.15) is 10.8 Å². The van der Waals surface area contributed by atoms with Crippen molar-refractivity contribution in [2.24, 2.45) is 0 Å². The predicted molar refractivity (Wildman–Crippen MR) is 73.3 cm³/mol. The van der Waals surface area contributed by atoms with Crippen molar-refractivity contribution in [2.45, 2.75) is 13.5 Å². The molecule has 2 aromatic heterocycles. The normalized spacial score (nSPS) is 10.6. The molecule has 7 heteroatoms. The van der Waals surface area contributed by atoms with Gasteiger partial charge in [0.05, 0.1) is 12.2 Å². The Morgan fingerprint density at radius 1 is 1.37 bits per heavy atom. The molecule has 6 nitrogen and oxygen atoms in total. The third-order valence-electron chi connectivity index (χ3n) is 2.64. The smallest absolute Gasteiger partial charge is 0.153 e. The van der Waals surface area contributed by atoms with Gasteiger partial charge in [-0.25, -0.2) is 4.98 Å². The van der Waals surface area contributed by atoms with Crippen molar-refractivity contribution in [3.8, 4) is 5.69 Å². The number of hydrogen-bond acceptors (Lipinski definition) is 6. The second-order valence-corrected chi connectivity index (χ2v) is 4.95. The first kappa shape index (κ1) is 11.8. The minimum Gasteiger partial charge on any atom is -0.378 e. The van der Waals surface area contributed by atoms with Crippen LogP contribution in [0.25, 0.3) is 5.69 Å². The molecule has 0 radical (unpaired) electrons. The van der Waals surface area contributed by atoms with Crippen molar-refractivity contribution in [2.75, 3.05) is 5.32 Å². The Morgan fingerprint density at radius 2 is 2.32 bits per heavy atom. The van der Waals surface area contributed by atoms with Gasteiger partial charge in [-0.3, -0.25) is 0 Å². The Balaban J connectivity index is 1.78. The van der Waals surface area contributed by atoms with Crippen LogP contribution in [0.4, 0.5) is 5.69 Å². The SMILES string of the molecule is Cc1nnnn1-c1cccc(NCc2nccs2)c1. The summed E-state index contributed by atoms with van der Waals surface area (Å²) in [5.41, 5.74) is 1.95. The number of benzene rings is 1. The van der Waals surface area contributed by atoms with Gasteiger partial charge in [0.25, 0.3) is 0 Å². The van der Waals surface area contributed by atoms with E-state index in [0.29, 0.717) is 0 Å². The molecule has 3 aromatic rings. The lowest BCUT2D eigenvalue weighted by Crippen LogP contribution is -2.02. The minimum absolute atomic E-state index is 0.718. The van der Waals surface area contributed by atoms with Crippen LogP contribution in [-0.2, 0) is 6.54 Å². The van der Waals surface area contributed by atoms with E-state index in [4.69, 9.17) is 0 Å². The van der Waals surface area contributed by atoms with Crippen molar-refractivity contribution < 1.29 is 0 Å². The van der Waals surface area contributed by atoms with Crippen LogP contribution in [-0.4, -0.2) is 25.2 Å². The molecule has 2 heterocycles. The highest BCUT2D eigenvalue weighted by Crippen LogP contribution is 2.16. The van der Waals surface area contributed by atoms with Crippen molar-refractivity contribution in [3.63, 3.8) is 0 Å². The van der Waals surface area contributed by atoms with Gasteiger partial charge < -0.3 is 5.32 Å². The topological polar surface area (TPSA) is 68.5 Å². The number of anilines is 1. The Labute approximate surface area is 114 Å². The van der Waals surface area contributed by atoms with Gasteiger partial charge in [-0.1, -0.05) is 6.07 Å². The van der Waals surface area contributed by atoms with E-state index in [0.717, 1.165) is 28.8 Å². The summed E-state index contributed by atoms with van der Waals surface area (Å²) in [7, 11) is 0. The molecule has 0 aliphatic heterocycles. The third kappa shape index (κ3) is 2.60. The highest BCUT2D eigenvalue weighted by atomic mass is 32.1. The second-order valence-electron chi connectivity index (χ2n) is 3.97. The molecule has 3 rings (SSSR count). The molecule has 0 amide bonds. The summed E-state index contributed by atoms with van der Waals surface area (Å²) in [6, 6.07) is 7.96. The molecule has 0 fully saturated rings. The highest BCUT2D eigenvalue weighted by Gasteiger charge is 2.04. The highest BCUT2D eigenvalue weighted by molar-refractivity contribution is 7.09. The van der Waals surface area contributed by atoms with E-state index >= 15 is 0 Å². The third-order valence-corrected chi connectivity index (χ3v) is 3.42. The number of hydrogen-bond donors (Lipinski definition) is 1. The van der Waals surface area contributed by atoms with Gasteiger partial charge in [-0.05, 0) is 35.5 Å². The molecule has 0 saturated heterocycles. The van der Waals surface area contributed by atoms with E-state index in [1.807, 2.05) is 42.8 Å². The summed E-state index contributed by atoms with van der Waals surface area (Å²) in [4.78, 5) is 4.24. The molecule has 0 saturated carbocycles. The van der Waals surface area contributed by atoms with Crippen LogP contribution in [0.5, 0.6) is 0 Å². The van der Waals surface area contributed by atoms with Crippen LogP contribution >= 0.6 is 11.3 Å². The Kier molecular flexibility index (Phi) is 3.20. The Hall–Kier alpha value is -2.28.